The zero-order chi connectivity index (χ0) is 10.6. The van der Waals surface area contributed by atoms with E-state index in [0.717, 1.165) is 22.6 Å². The van der Waals surface area contributed by atoms with Crippen LogP contribution in [0.2, 0.25) is 0 Å². The van der Waals surface area contributed by atoms with Crippen LogP contribution in [-0.2, 0) is 6.42 Å². The summed E-state index contributed by atoms with van der Waals surface area (Å²) in [5.74, 6) is -0.158. The minimum absolute atomic E-state index is 0.147. The van der Waals surface area contributed by atoms with Crippen LogP contribution in [0, 0.1) is 11.2 Å². The van der Waals surface area contributed by atoms with E-state index in [-0.39, 0.29) is 11.2 Å². The third-order valence-electron chi connectivity index (χ3n) is 2.17. The van der Waals surface area contributed by atoms with Gasteiger partial charge in [-0.25, -0.2) is 4.39 Å². The lowest BCUT2D eigenvalue weighted by Crippen LogP contribution is -2.23. The van der Waals surface area contributed by atoms with E-state index in [9.17, 15) is 4.39 Å². The largest absolute Gasteiger partial charge is 0.207 e. The summed E-state index contributed by atoms with van der Waals surface area (Å²) in [6.07, 6.45) is 0.876. The SMILES string of the molecule is CC(CBr)(CBr)Cc1cccc(F)c1. The zero-order valence-electron chi connectivity index (χ0n) is 8.06. The molecule has 0 atom stereocenters. The van der Waals surface area contributed by atoms with Crippen LogP contribution in [0.5, 0.6) is 0 Å². The number of benzene rings is 1. The van der Waals surface area contributed by atoms with Gasteiger partial charge in [0.25, 0.3) is 0 Å². The molecule has 0 amide bonds. The van der Waals surface area contributed by atoms with Gasteiger partial charge >= 0.3 is 0 Å². The zero-order valence-corrected chi connectivity index (χ0v) is 11.2. The van der Waals surface area contributed by atoms with Gasteiger partial charge in [0, 0.05) is 10.7 Å². The molecule has 0 N–H and O–H groups in total. The Bertz CT molecular complexity index is 295. The van der Waals surface area contributed by atoms with Crippen molar-refractivity contribution in [1.82, 2.24) is 0 Å². The van der Waals surface area contributed by atoms with Crippen molar-refractivity contribution in [2.45, 2.75) is 13.3 Å². The highest BCUT2D eigenvalue weighted by molar-refractivity contribution is 9.09. The predicted octanol–water partition coefficient (Wildman–Crippen LogP) is 4.16. The van der Waals surface area contributed by atoms with Crippen LogP contribution in [0.1, 0.15) is 12.5 Å². The molecule has 1 aromatic rings. The second kappa shape index (κ2) is 5.26. The molecule has 0 spiro atoms. The first-order valence-corrected chi connectivity index (χ1v) is 6.70. The Kier molecular flexibility index (Phi) is 4.58. The van der Waals surface area contributed by atoms with Gasteiger partial charge in [-0.3, -0.25) is 0 Å². The van der Waals surface area contributed by atoms with Crippen LogP contribution in [-0.4, -0.2) is 10.7 Å². The molecule has 3 heteroatoms. The maximum absolute atomic E-state index is 12.9. The van der Waals surface area contributed by atoms with Gasteiger partial charge < -0.3 is 0 Å². The first-order valence-electron chi connectivity index (χ1n) is 4.46. The molecule has 0 heterocycles. The minimum atomic E-state index is -0.158. The highest BCUT2D eigenvalue weighted by atomic mass is 79.9. The van der Waals surface area contributed by atoms with Crippen molar-refractivity contribution in [3.05, 3.63) is 35.6 Å². The van der Waals surface area contributed by atoms with E-state index >= 15 is 0 Å². The first kappa shape index (κ1) is 12.2. The van der Waals surface area contributed by atoms with Gasteiger partial charge in [-0.2, -0.15) is 0 Å². The maximum Gasteiger partial charge on any atom is 0.123 e. The summed E-state index contributed by atoms with van der Waals surface area (Å²) in [6, 6.07) is 6.80. The van der Waals surface area contributed by atoms with Gasteiger partial charge in [0.2, 0.25) is 0 Å². The van der Waals surface area contributed by atoms with E-state index in [1.165, 1.54) is 6.07 Å². The smallest absolute Gasteiger partial charge is 0.123 e. The fourth-order valence-electron chi connectivity index (χ4n) is 1.27. The van der Waals surface area contributed by atoms with E-state index in [4.69, 9.17) is 0 Å². The topological polar surface area (TPSA) is 0 Å². The average Bonchev–Trinajstić information content (AvgIpc) is 2.18. The van der Waals surface area contributed by atoms with Crippen LogP contribution in [0.4, 0.5) is 4.39 Å². The highest BCUT2D eigenvalue weighted by Gasteiger charge is 2.21. The number of hydrogen-bond acceptors (Lipinski definition) is 0. The first-order chi connectivity index (χ1) is 6.59. The Hall–Kier alpha value is 0.110. The Balaban J connectivity index is 2.77. The van der Waals surface area contributed by atoms with E-state index in [0.29, 0.717) is 0 Å². The molecule has 14 heavy (non-hydrogen) atoms. The molecule has 0 saturated carbocycles. The van der Waals surface area contributed by atoms with Crippen molar-refractivity contribution in [1.29, 1.82) is 0 Å². The summed E-state index contributed by atoms with van der Waals surface area (Å²) in [5.41, 5.74) is 1.19. The number of hydrogen-bond donors (Lipinski definition) is 0. The van der Waals surface area contributed by atoms with Crippen molar-refractivity contribution in [2.75, 3.05) is 10.7 Å². The van der Waals surface area contributed by atoms with Gasteiger partial charge in [0.1, 0.15) is 5.82 Å². The fourth-order valence-corrected chi connectivity index (χ4v) is 2.60. The van der Waals surface area contributed by atoms with Crippen LogP contribution < -0.4 is 0 Å². The molecule has 0 aliphatic rings. The molecule has 0 unspecified atom stereocenters. The van der Waals surface area contributed by atoms with Gasteiger partial charge in [0.15, 0.2) is 0 Å². The van der Waals surface area contributed by atoms with E-state index in [2.05, 4.69) is 38.8 Å². The summed E-state index contributed by atoms with van der Waals surface area (Å²) >= 11 is 6.97. The lowest BCUT2D eigenvalue weighted by Gasteiger charge is -2.24. The Morgan fingerprint density at radius 2 is 1.93 bits per heavy atom. The Labute approximate surface area is 101 Å². The Morgan fingerprint density at radius 1 is 1.29 bits per heavy atom. The standard InChI is InChI=1S/C11H13Br2F/c1-11(7-12,8-13)6-9-3-2-4-10(14)5-9/h2-5H,6-8H2,1H3. The molecule has 78 valence electrons. The monoisotopic (exact) mass is 322 g/mol. The molecule has 0 bridgehead atoms. The third-order valence-corrected chi connectivity index (χ3v) is 4.87. The average molecular weight is 324 g/mol. The molecule has 0 aliphatic carbocycles. The van der Waals surface area contributed by atoms with Crippen molar-refractivity contribution in [3.63, 3.8) is 0 Å². The predicted molar refractivity (Wildman–Crippen MR) is 65.8 cm³/mol. The summed E-state index contributed by atoms with van der Waals surface area (Å²) in [5, 5.41) is 1.81. The summed E-state index contributed by atoms with van der Waals surface area (Å²) in [7, 11) is 0. The molecular weight excluding hydrogens is 311 g/mol. The summed E-state index contributed by atoms with van der Waals surface area (Å²) in [6.45, 7) is 2.17. The quantitative estimate of drug-likeness (QED) is 0.730. The second-order valence-corrected chi connectivity index (χ2v) is 5.01. The molecular formula is C11H13Br2F. The maximum atomic E-state index is 12.9. The number of alkyl halides is 2. The Morgan fingerprint density at radius 3 is 2.43 bits per heavy atom. The number of rotatable bonds is 4. The van der Waals surface area contributed by atoms with Crippen molar-refractivity contribution in [3.8, 4) is 0 Å². The van der Waals surface area contributed by atoms with E-state index in [1.54, 1.807) is 12.1 Å². The van der Waals surface area contributed by atoms with Crippen molar-refractivity contribution < 1.29 is 4.39 Å². The van der Waals surface area contributed by atoms with Crippen LogP contribution in [0.3, 0.4) is 0 Å². The van der Waals surface area contributed by atoms with Gasteiger partial charge in [-0.1, -0.05) is 50.9 Å². The van der Waals surface area contributed by atoms with Crippen LogP contribution >= 0.6 is 31.9 Å². The van der Waals surface area contributed by atoms with Crippen molar-refractivity contribution >= 4 is 31.9 Å². The summed E-state index contributed by atoms with van der Waals surface area (Å²) < 4.78 is 12.9. The molecule has 0 nitrogen and oxygen atoms in total. The molecule has 0 saturated heterocycles. The molecule has 1 rings (SSSR count). The lowest BCUT2D eigenvalue weighted by molar-refractivity contribution is 0.437. The van der Waals surface area contributed by atoms with Gasteiger partial charge in [-0.05, 0) is 29.5 Å². The molecule has 0 aromatic heterocycles. The van der Waals surface area contributed by atoms with Gasteiger partial charge in [-0.15, -0.1) is 0 Å². The third kappa shape index (κ3) is 3.35. The lowest BCUT2D eigenvalue weighted by atomic mass is 9.88. The van der Waals surface area contributed by atoms with Crippen molar-refractivity contribution in [2.24, 2.45) is 5.41 Å². The molecule has 0 aliphatic heterocycles. The molecule has 1 aromatic carbocycles. The summed E-state index contributed by atoms with van der Waals surface area (Å²) in [4.78, 5) is 0. The van der Waals surface area contributed by atoms with Crippen LogP contribution in [0.25, 0.3) is 0 Å². The molecule has 0 fully saturated rings. The fraction of sp³-hybridized carbons (Fsp3) is 0.455. The van der Waals surface area contributed by atoms with E-state index in [1.807, 2.05) is 6.07 Å². The van der Waals surface area contributed by atoms with E-state index < -0.39 is 0 Å². The second-order valence-electron chi connectivity index (χ2n) is 3.88. The highest BCUT2D eigenvalue weighted by Crippen LogP contribution is 2.27. The molecule has 0 radical (unpaired) electrons. The van der Waals surface area contributed by atoms with Crippen LogP contribution in [0.15, 0.2) is 24.3 Å². The number of halogens is 3. The minimum Gasteiger partial charge on any atom is -0.207 e. The normalized spacial score (nSPS) is 11.7. The van der Waals surface area contributed by atoms with Gasteiger partial charge in [0.05, 0.1) is 0 Å².